The van der Waals surface area contributed by atoms with Gasteiger partial charge in [-0.3, -0.25) is 0 Å². The first-order chi connectivity index (χ1) is 15.7. The van der Waals surface area contributed by atoms with Gasteiger partial charge in [0.05, 0.1) is 9.79 Å². The minimum absolute atomic E-state index is 0.0209. The molecule has 2 aromatic carbocycles. The van der Waals surface area contributed by atoms with E-state index < -0.39 is 29.0 Å². The van der Waals surface area contributed by atoms with Crippen molar-refractivity contribution in [2.24, 2.45) is 0 Å². The maximum Gasteiger partial charge on any atom is 0.673 e. The second kappa shape index (κ2) is 15.2. The molecule has 1 heterocycles. The standard InChI is InChI=1S/C14H12IS.4BF4/c1-9-3-5-13-11(7-9)15-12-8-10(2)4-6-14(12)16-13;4*2-1(3,4)5/h3-8H,1-2H3;;;;/q+1;4*-1. The molecule has 0 radical (unpaired) electrons. The van der Waals surface area contributed by atoms with Crippen LogP contribution >= 0.6 is 11.8 Å². The van der Waals surface area contributed by atoms with Crippen LogP contribution in [0, 0.1) is 21.0 Å². The highest BCUT2D eigenvalue weighted by molar-refractivity contribution is 7.99. The zero-order chi connectivity index (χ0) is 29.1. The SMILES string of the molecule is Cc1ccc2c(c1)[I+]c1cc(C)ccc1S2.F[B-](F)(F)F.F[B-](F)(F)F.F[B-](F)(F)F.F[B-](F)(F)F. The smallest absolute Gasteiger partial charge is 0.418 e. The Bertz CT molecular complexity index is 808. The van der Waals surface area contributed by atoms with E-state index in [1.165, 1.54) is 20.9 Å². The van der Waals surface area contributed by atoms with Crippen LogP contribution < -0.4 is 21.2 Å². The normalized spacial score (nSPS) is 12.5. The summed E-state index contributed by atoms with van der Waals surface area (Å²) in [6.45, 7) is 4.36. The second-order valence-corrected chi connectivity index (χ2v) is 9.99. The van der Waals surface area contributed by atoms with Gasteiger partial charge in [0.1, 0.15) is 0 Å². The van der Waals surface area contributed by atoms with E-state index in [1.807, 2.05) is 11.8 Å². The molecule has 3 rings (SSSR count). The Labute approximate surface area is 209 Å². The minimum Gasteiger partial charge on any atom is -0.418 e. The number of halogens is 17. The third-order valence-electron chi connectivity index (χ3n) is 2.60. The molecule has 208 valence electrons. The summed E-state index contributed by atoms with van der Waals surface area (Å²) in [6, 6.07) is 13.7. The van der Waals surface area contributed by atoms with Crippen LogP contribution in [0.3, 0.4) is 0 Å². The predicted octanol–water partition coefficient (Wildman–Crippen LogP) is 6.10. The Hall–Kier alpha value is -1.34. The van der Waals surface area contributed by atoms with Gasteiger partial charge in [-0.15, -0.1) is 0 Å². The first kappa shape index (κ1) is 36.8. The summed E-state index contributed by atoms with van der Waals surface area (Å²) in [5.74, 6) is 0. The van der Waals surface area contributed by atoms with Crippen molar-refractivity contribution in [1.82, 2.24) is 0 Å². The highest BCUT2D eigenvalue weighted by atomic mass is 127. The molecule has 0 N–H and O–H groups in total. The van der Waals surface area contributed by atoms with Gasteiger partial charge in [-0.25, -0.2) is 0 Å². The molecule has 1 aliphatic heterocycles. The lowest BCUT2D eigenvalue weighted by atomic mass is 10.2. The van der Waals surface area contributed by atoms with Crippen molar-refractivity contribution in [1.29, 1.82) is 0 Å². The fourth-order valence-corrected chi connectivity index (χ4v) is 6.56. The fraction of sp³-hybridized carbons (Fsp3) is 0.143. The maximum atomic E-state index is 9.75. The lowest BCUT2D eigenvalue weighted by Crippen LogP contribution is -3.62. The number of hydrogen-bond donors (Lipinski definition) is 0. The van der Waals surface area contributed by atoms with Crippen LogP contribution in [0.2, 0.25) is 0 Å². The summed E-state index contributed by atoms with van der Waals surface area (Å²) in [4.78, 5) is 2.93. The van der Waals surface area contributed by atoms with E-state index in [1.54, 1.807) is 7.14 Å². The molecule has 0 unspecified atom stereocenters. The van der Waals surface area contributed by atoms with Gasteiger partial charge in [-0.1, -0.05) is 23.9 Å². The van der Waals surface area contributed by atoms with Crippen molar-refractivity contribution in [3.05, 3.63) is 54.7 Å². The molecule has 0 nitrogen and oxygen atoms in total. The number of rotatable bonds is 0. The summed E-state index contributed by atoms with van der Waals surface area (Å²) in [5.41, 5.74) is 2.77. The molecule has 0 fully saturated rings. The van der Waals surface area contributed by atoms with E-state index in [9.17, 15) is 69.1 Å². The highest BCUT2D eigenvalue weighted by Gasteiger charge is 2.30. The predicted molar refractivity (Wildman–Crippen MR) is 105 cm³/mol. The van der Waals surface area contributed by atoms with Crippen molar-refractivity contribution in [2.75, 3.05) is 0 Å². The van der Waals surface area contributed by atoms with E-state index in [2.05, 4.69) is 50.2 Å². The molecule has 22 heteroatoms. The molecular formula is C14H12B4F16IS-3. The summed E-state index contributed by atoms with van der Waals surface area (Å²) in [5, 5.41) is 0. The van der Waals surface area contributed by atoms with Crippen LogP contribution in [0.15, 0.2) is 46.2 Å². The Kier molecular flexibility index (Phi) is 15.5. The summed E-state index contributed by atoms with van der Waals surface area (Å²) in [6.07, 6.45) is 0. The zero-order valence-corrected chi connectivity index (χ0v) is 20.6. The van der Waals surface area contributed by atoms with Gasteiger partial charge in [-0.05, 0) is 49.2 Å². The Balaban J connectivity index is 0. The van der Waals surface area contributed by atoms with Gasteiger partial charge in [0.25, 0.3) is 0 Å². The highest BCUT2D eigenvalue weighted by Crippen LogP contribution is 2.30. The van der Waals surface area contributed by atoms with Crippen LogP contribution in [-0.2, 0) is 0 Å². The lowest BCUT2D eigenvalue weighted by molar-refractivity contribution is -0.606. The third kappa shape index (κ3) is 30.7. The molecule has 0 atom stereocenters. The van der Waals surface area contributed by atoms with E-state index >= 15 is 0 Å². The van der Waals surface area contributed by atoms with Crippen molar-refractivity contribution < 1.29 is 90.3 Å². The monoisotopic (exact) mass is 687 g/mol. The van der Waals surface area contributed by atoms with E-state index in [0.717, 1.165) is 0 Å². The van der Waals surface area contributed by atoms with Crippen molar-refractivity contribution in [2.45, 2.75) is 23.6 Å². The van der Waals surface area contributed by atoms with Gasteiger partial charge in [0.2, 0.25) is 7.14 Å². The van der Waals surface area contributed by atoms with Crippen LogP contribution in [0.1, 0.15) is 11.1 Å². The van der Waals surface area contributed by atoms with E-state index in [-0.39, 0.29) is 21.2 Å². The first-order valence-corrected chi connectivity index (χ1v) is 11.7. The van der Waals surface area contributed by atoms with Gasteiger partial charge >= 0.3 is 50.2 Å². The quantitative estimate of drug-likeness (QED) is 0.157. The van der Waals surface area contributed by atoms with Gasteiger partial charge < -0.3 is 69.1 Å². The summed E-state index contributed by atoms with van der Waals surface area (Å²) in [7, 11) is -24.0. The van der Waals surface area contributed by atoms with E-state index in [4.69, 9.17) is 0 Å². The molecule has 0 spiro atoms. The largest absolute Gasteiger partial charge is 0.673 e. The molecule has 0 aliphatic carbocycles. The zero-order valence-electron chi connectivity index (χ0n) is 17.6. The van der Waals surface area contributed by atoms with Crippen molar-refractivity contribution in [3.8, 4) is 0 Å². The van der Waals surface area contributed by atoms with Gasteiger partial charge in [-0.2, -0.15) is 0 Å². The second-order valence-electron chi connectivity index (χ2n) is 6.04. The molecule has 0 amide bonds. The third-order valence-corrected chi connectivity index (χ3v) is 7.43. The molecule has 36 heavy (non-hydrogen) atoms. The van der Waals surface area contributed by atoms with Crippen molar-refractivity contribution >= 4 is 40.8 Å². The summed E-state index contributed by atoms with van der Waals surface area (Å²) >= 11 is 1.95. The number of hydrogen-bond acceptors (Lipinski definition) is 1. The number of benzene rings is 2. The molecule has 0 saturated heterocycles. The van der Waals surface area contributed by atoms with Crippen LogP contribution in [-0.4, -0.2) is 29.0 Å². The summed E-state index contributed by atoms with van der Waals surface area (Å²) < 4.78 is 159. The molecule has 1 aliphatic rings. The average molecular weight is 686 g/mol. The van der Waals surface area contributed by atoms with Crippen LogP contribution in [0.5, 0.6) is 0 Å². The van der Waals surface area contributed by atoms with Crippen LogP contribution in [0.25, 0.3) is 0 Å². The average Bonchev–Trinajstić information content (AvgIpc) is 2.54. The molecule has 0 saturated carbocycles. The fourth-order valence-electron chi connectivity index (χ4n) is 1.75. The van der Waals surface area contributed by atoms with Crippen molar-refractivity contribution in [3.63, 3.8) is 0 Å². The van der Waals surface area contributed by atoms with Gasteiger partial charge in [0.15, 0.2) is 0 Å². The lowest BCUT2D eigenvalue weighted by Gasteiger charge is -2.09. The molecule has 2 aromatic rings. The first-order valence-electron chi connectivity index (χ1n) is 8.75. The molecule has 0 bridgehead atoms. The topological polar surface area (TPSA) is 0 Å². The number of aryl methyl sites for hydroxylation is 2. The Morgan fingerprint density at radius 2 is 0.694 bits per heavy atom. The van der Waals surface area contributed by atoms with Gasteiger partial charge in [0, 0.05) is 0 Å². The van der Waals surface area contributed by atoms with E-state index in [0.29, 0.717) is 0 Å². The molecular weight excluding hydrogens is 674 g/mol. The Morgan fingerprint density at radius 1 is 0.472 bits per heavy atom. The number of fused-ring (bicyclic) bond motifs is 2. The Morgan fingerprint density at radius 3 is 0.917 bits per heavy atom. The van der Waals surface area contributed by atoms with Crippen LogP contribution in [0.4, 0.5) is 69.1 Å². The minimum atomic E-state index is -6.00. The maximum absolute atomic E-state index is 9.75. The molecule has 0 aromatic heterocycles.